The van der Waals surface area contributed by atoms with Crippen molar-refractivity contribution in [2.75, 3.05) is 13.2 Å². The van der Waals surface area contributed by atoms with Crippen molar-refractivity contribution in [3.8, 4) is 11.1 Å². The molecule has 11 nitrogen and oxygen atoms in total. The number of carbonyl (C=O) groups is 4. The summed E-state index contributed by atoms with van der Waals surface area (Å²) in [5.74, 6) is -1.65. The molecule has 1 saturated carbocycles. The number of hydrogen-bond donors (Lipinski definition) is 4. The zero-order chi connectivity index (χ0) is 35.7. The number of ether oxygens (including phenoxy) is 2. The van der Waals surface area contributed by atoms with Crippen molar-refractivity contribution in [3.63, 3.8) is 0 Å². The van der Waals surface area contributed by atoms with Crippen LogP contribution in [0.25, 0.3) is 11.1 Å². The van der Waals surface area contributed by atoms with Gasteiger partial charge in [-0.2, -0.15) is 5.10 Å². The number of nitrogens with zero attached hydrogens (tertiary/aromatic N) is 1. The van der Waals surface area contributed by atoms with E-state index in [4.69, 9.17) is 9.47 Å². The molecular formula is C39H46N4O7. The summed E-state index contributed by atoms with van der Waals surface area (Å²) in [5, 5.41) is 19.4. The molecule has 50 heavy (non-hydrogen) atoms. The van der Waals surface area contributed by atoms with Crippen molar-refractivity contribution in [2.24, 2.45) is 16.9 Å². The molecule has 0 spiro atoms. The van der Waals surface area contributed by atoms with Gasteiger partial charge in [-0.05, 0) is 80.2 Å². The number of rotatable bonds is 12. The third-order valence-electron chi connectivity index (χ3n) is 9.11. The van der Waals surface area contributed by atoms with Crippen LogP contribution in [0.4, 0.5) is 9.59 Å². The number of fused-ring (bicyclic) bond motifs is 3. The lowest BCUT2D eigenvalue weighted by molar-refractivity contribution is -0.155. The number of benzene rings is 3. The predicted molar refractivity (Wildman–Crippen MR) is 190 cm³/mol. The van der Waals surface area contributed by atoms with Gasteiger partial charge in [-0.1, -0.05) is 78.9 Å². The monoisotopic (exact) mass is 682 g/mol. The summed E-state index contributed by atoms with van der Waals surface area (Å²) in [6, 6.07) is 24.0. The van der Waals surface area contributed by atoms with E-state index in [-0.39, 0.29) is 37.2 Å². The predicted octanol–water partition coefficient (Wildman–Crippen LogP) is 6.41. The van der Waals surface area contributed by atoms with Gasteiger partial charge in [0.1, 0.15) is 12.2 Å². The maximum absolute atomic E-state index is 13.5. The molecule has 5 rings (SSSR count). The number of carbonyl (C=O) groups excluding carboxylic acids is 3. The summed E-state index contributed by atoms with van der Waals surface area (Å²) in [4.78, 5) is 50.8. The van der Waals surface area contributed by atoms with E-state index in [1.165, 1.54) is 0 Å². The molecule has 4 N–H and O–H groups in total. The Kier molecular flexibility index (Phi) is 11.9. The maximum atomic E-state index is 13.5. The molecule has 0 bridgehead atoms. The Bertz CT molecular complexity index is 1650. The van der Waals surface area contributed by atoms with Gasteiger partial charge in [0.15, 0.2) is 0 Å². The second-order valence-electron chi connectivity index (χ2n) is 14.0. The second kappa shape index (κ2) is 16.5. The van der Waals surface area contributed by atoms with Crippen LogP contribution in [0.1, 0.15) is 75.5 Å². The minimum atomic E-state index is -0.965. The maximum Gasteiger partial charge on any atom is 0.407 e. The Balaban J connectivity index is 1.30. The first-order valence-electron chi connectivity index (χ1n) is 17.2. The lowest BCUT2D eigenvalue weighted by Crippen LogP contribution is -2.46. The van der Waals surface area contributed by atoms with E-state index in [0.29, 0.717) is 37.9 Å². The van der Waals surface area contributed by atoms with Gasteiger partial charge in [0.05, 0.1) is 24.1 Å². The SMILES string of the molecule is CC(C)(C)OC(=O)C[C@H](NC(=O)OCC1c2ccccc2-c2ccccc21)C(Cc1ccccc1)=NNC(=O)NCC1CCC(C(=O)O)CC1. The van der Waals surface area contributed by atoms with Gasteiger partial charge >= 0.3 is 24.1 Å². The molecule has 1 fully saturated rings. The molecule has 2 aliphatic rings. The standard InChI is InChI=1S/C39H46N4O7/c1-39(2,3)50-35(44)22-33(41-38(48)49-24-32-30-15-9-7-13-28(30)29-14-8-10-16-31(29)32)34(21-25-11-5-4-6-12-25)42-43-37(47)40-23-26-17-19-27(20-18-26)36(45)46/h4-16,26-27,32-33H,17-24H2,1-3H3,(H,41,48)(H,45,46)(H2,40,43,47)/t26?,27?,33-/m0/s1. The number of esters is 1. The third kappa shape index (κ3) is 9.93. The van der Waals surface area contributed by atoms with E-state index >= 15 is 0 Å². The molecular weight excluding hydrogens is 636 g/mol. The summed E-state index contributed by atoms with van der Waals surface area (Å²) in [6.45, 7) is 5.74. The summed E-state index contributed by atoms with van der Waals surface area (Å²) >= 11 is 0. The molecule has 0 aliphatic heterocycles. The van der Waals surface area contributed by atoms with E-state index < -0.39 is 35.7 Å². The normalized spacial score (nSPS) is 17.9. The molecule has 264 valence electrons. The number of carboxylic acids is 1. The van der Waals surface area contributed by atoms with E-state index in [9.17, 15) is 24.3 Å². The second-order valence-corrected chi connectivity index (χ2v) is 14.0. The Morgan fingerprint density at radius 2 is 1.46 bits per heavy atom. The van der Waals surface area contributed by atoms with Gasteiger partial charge in [-0.15, -0.1) is 0 Å². The van der Waals surface area contributed by atoms with Crippen LogP contribution < -0.4 is 16.1 Å². The summed E-state index contributed by atoms with van der Waals surface area (Å²) in [7, 11) is 0. The number of carboxylic acid groups (broad SMARTS) is 1. The zero-order valence-electron chi connectivity index (χ0n) is 28.8. The zero-order valence-corrected chi connectivity index (χ0v) is 28.8. The molecule has 2 aliphatic carbocycles. The van der Waals surface area contributed by atoms with Crippen LogP contribution in [-0.4, -0.2) is 59.7 Å². The summed E-state index contributed by atoms with van der Waals surface area (Å²) in [5.41, 5.74) is 7.32. The fraction of sp³-hybridized carbons (Fsp3) is 0.410. The summed E-state index contributed by atoms with van der Waals surface area (Å²) in [6.07, 6.45) is 1.82. The van der Waals surface area contributed by atoms with Crippen molar-refractivity contribution in [3.05, 3.63) is 95.6 Å². The number of amides is 3. The first-order valence-corrected chi connectivity index (χ1v) is 17.2. The van der Waals surface area contributed by atoms with Crippen LogP contribution in [0, 0.1) is 11.8 Å². The minimum absolute atomic E-state index is 0.0826. The Morgan fingerprint density at radius 1 is 0.860 bits per heavy atom. The van der Waals surface area contributed by atoms with Crippen LogP contribution in [0.15, 0.2) is 84.0 Å². The highest BCUT2D eigenvalue weighted by molar-refractivity contribution is 5.97. The Morgan fingerprint density at radius 3 is 2.06 bits per heavy atom. The largest absolute Gasteiger partial charge is 0.481 e. The minimum Gasteiger partial charge on any atom is -0.481 e. The average molecular weight is 683 g/mol. The molecule has 1 atom stereocenters. The molecule has 0 unspecified atom stereocenters. The van der Waals surface area contributed by atoms with Gasteiger partial charge in [0, 0.05) is 18.9 Å². The molecule has 3 aromatic carbocycles. The van der Waals surface area contributed by atoms with Crippen LogP contribution in [0.3, 0.4) is 0 Å². The van der Waals surface area contributed by atoms with E-state index in [0.717, 1.165) is 27.8 Å². The van der Waals surface area contributed by atoms with E-state index in [2.05, 4.69) is 33.3 Å². The van der Waals surface area contributed by atoms with Gasteiger partial charge in [0.2, 0.25) is 0 Å². The number of nitrogens with one attached hydrogen (secondary N) is 3. The van der Waals surface area contributed by atoms with Crippen LogP contribution in [-0.2, 0) is 25.5 Å². The van der Waals surface area contributed by atoms with Crippen molar-refractivity contribution in [2.45, 2.75) is 76.9 Å². The Hall–Kier alpha value is -5.19. The first kappa shape index (κ1) is 36.1. The quantitative estimate of drug-likeness (QED) is 0.0977. The highest BCUT2D eigenvalue weighted by Gasteiger charge is 2.31. The fourth-order valence-electron chi connectivity index (χ4n) is 6.64. The number of hydrazone groups is 1. The molecule has 3 aromatic rings. The average Bonchev–Trinajstić information content (AvgIpc) is 3.41. The van der Waals surface area contributed by atoms with Gasteiger partial charge in [0.25, 0.3) is 0 Å². The van der Waals surface area contributed by atoms with Crippen LogP contribution >= 0.6 is 0 Å². The molecule has 0 saturated heterocycles. The number of aliphatic carboxylic acids is 1. The van der Waals surface area contributed by atoms with Gasteiger partial charge in [-0.3, -0.25) is 9.59 Å². The number of hydrogen-bond acceptors (Lipinski definition) is 7. The van der Waals surface area contributed by atoms with Crippen molar-refractivity contribution in [1.29, 1.82) is 0 Å². The van der Waals surface area contributed by atoms with E-state index in [1.807, 2.05) is 66.7 Å². The molecule has 0 heterocycles. The van der Waals surface area contributed by atoms with Crippen molar-refractivity contribution >= 4 is 29.8 Å². The third-order valence-corrected chi connectivity index (χ3v) is 9.11. The van der Waals surface area contributed by atoms with Crippen LogP contribution in [0.5, 0.6) is 0 Å². The van der Waals surface area contributed by atoms with Crippen molar-refractivity contribution < 1.29 is 33.8 Å². The Labute approximate surface area is 292 Å². The molecule has 0 aromatic heterocycles. The molecule has 3 amide bonds. The van der Waals surface area contributed by atoms with Gasteiger partial charge < -0.3 is 25.2 Å². The highest BCUT2D eigenvalue weighted by Crippen LogP contribution is 2.44. The number of urea groups is 1. The smallest absolute Gasteiger partial charge is 0.407 e. The van der Waals surface area contributed by atoms with Crippen LogP contribution in [0.2, 0.25) is 0 Å². The number of alkyl carbamates (subject to hydrolysis) is 1. The molecule has 0 radical (unpaired) electrons. The van der Waals surface area contributed by atoms with Gasteiger partial charge in [-0.25, -0.2) is 15.0 Å². The topological polar surface area (TPSA) is 155 Å². The fourth-order valence-corrected chi connectivity index (χ4v) is 6.64. The summed E-state index contributed by atoms with van der Waals surface area (Å²) < 4.78 is 11.4. The highest BCUT2D eigenvalue weighted by atomic mass is 16.6. The van der Waals surface area contributed by atoms with E-state index in [1.54, 1.807) is 20.8 Å². The first-order chi connectivity index (χ1) is 24.0. The van der Waals surface area contributed by atoms with Crippen molar-refractivity contribution in [1.82, 2.24) is 16.1 Å². The lowest BCUT2D eigenvalue weighted by Gasteiger charge is -2.26. The lowest BCUT2D eigenvalue weighted by atomic mass is 9.82. The molecule has 11 heteroatoms.